The Bertz CT molecular complexity index is 467. The van der Waals surface area contributed by atoms with Crippen LogP contribution in [0.2, 0.25) is 0 Å². The molecule has 6 nitrogen and oxygen atoms in total. The summed E-state index contributed by atoms with van der Waals surface area (Å²) in [5.41, 5.74) is -5.60. The summed E-state index contributed by atoms with van der Waals surface area (Å²) in [6, 6.07) is 0. The van der Waals surface area contributed by atoms with E-state index >= 15 is 0 Å². The van der Waals surface area contributed by atoms with E-state index in [1.54, 1.807) is 6.92 Å². The first-order valence-corrected chi connectivity index (χ1v) is 7.57. The highest BCUT2D eigenvalue weighted by Gasteiger charge is 2.84. The van der Waals surface area contributed by atoms with Crippen molar-refractivity contribution in [2.24, 2.45) is 22.7 Å². The second-order valence-corrected chi connectivity index (χ2v) is 8.31. The zero-order valence-electron chi connectivity index (χ0n) is 12.7. The maximum atomic E-state index is 11.0. The van der Waals surface area contributed by atoms with Crippen LogP contribution in [0.5, 0.6) is 0 Å². The molecule has 0 aliphatic heterocycles. The molecular formula is C15H26O6. The Morgan fingerprint density at radius 1 is 0.905 bits per heavy atom. The topological polar surface area (TPSA) is 121 Å². The predicted molar refractivity (Wildman–Crippen MR) is 73.1 cm³/mol. The summed E-state index contributed by atoms with van der Waals surface area (Å²) < 4.78 is 0. The Labute approximate surface area is 124 Å². The van der Waals surface area contributed by atoms with Gasteiger partial charge in [-0.05, 0) is 30.1 Å². The average molecular weight is 302 g/mol. The van der Waals surface area contributed by atoms with Gasteiger partial charge in [0.15, 0.2) is 0 Å². The van der Waals surface area contributed by atoms with Crippen LogP contribution in [0.15, 0.2) is 0 Å². The molecule has 3 aliphatic rings. The van der Waals surface area contributed by atoms with E-state index in [1.807, 2.05) is 13.8 Å². The smallest absolute Gasteiger partial charge is 0.145 e. The van der Waals surface area contributed by atoms with Gasteiger partial charge in [-0.3, -0.25) is 0 Å². The summed E-state index contributed by atoms with van der Waals surface area (Å²) in [4.78, 5) is 0. The Morgan fingerprint density at radius 3 is 2.00 bits per heavy atom. The fraction of sp³-hybridized carbons (Fsp3) is 1.00. The van der Waals surface area contributed by atoms with Crippen molar-refractivity contribution in [2.75, 3.05) is 6.61 Å². The highest BCUT2D eigenvalue weighted by Crippen LogP contribution is 2.70. The molecule has 6 heteroatoms. The first-order chi connectivity index (χ1) is 9.47. The molecule has 0 amide bonds. The summed E-state index contributed by atoms with van der Waals surface area (Å²) in [7, 11) is 0. The lowest BCUT2D eigenvalue weighted by Crippen LogP contribution is -2.91. The molecule has 122 valence electrons. The maximum absolute atomic E-state index is 11.0. The standard InChI is InChI=1S/C15H26O6/c1-12(2)4-7-8(5-12)13(3)10(18)11(19)15(13,21)14(20,6-16)9(7)17/h7-11,16-21H,4-6H2,1-3H3/t7-,8+,9+,10-,11+,13+,14-,15+/m0/s1. The third-order valence-corrected chi connectivity index (χ3v) is 6.81. The van der Waals surface area contributed by atoms with E-state index in [0.717, 1.165) is 0 Å². The highest BCUT2D eigenvalue weighted by molar-refractivity contribution is 5.33. The average Bonchev–Trinajstić information content (AvgIpc) is 2.77. The number of rotatable bonds is 1. The molecule has 0 radical (unpaired) electrons. The normalized spacial score (nSPS) is 61.9. The molecule has 0 bridgehead atoms. The monoisotopic (exact) mass is 302 g/mol. The first-order valence-electron chi connectivity index (χ1n) is 7.57. The third kappa shape index (κ3) is 1.40. The van der Waals surface area contributed by atoms with Crippen molar-refractivity contribution in [1.82, 2.24) is 0 Å². The van der Waals surface area contributed by atoms with Gasteiger partial charge in [0.2, 0.25) is 0 Å². The molecule has 0 saturated heterocycles. The van der Waals surface area contributed by atoms with Gasteiger partial charge in [-0.1, -0.05) is 20.8 Å². The van der Waals surface area contributed by atoms with Crippen LogP contribution in [-0.4, -0.2) is 66.8 Å². The van der Waals surface area contributed by atoms with Crippen LogP contribution in [-0.2, 0) is 0 Å². The van der Waals surface area contributed by atoms with E-state index in [-0.39, 0.29) is 17.3 Å². The van der Waals surface area contributed by atoms with Gasteiger partial charge in [-0.25, -0.2) is 0 Å². The van der Waals surface area contributed by atoms with Gasteiger partial charge >= 0.3 is 0 Å². The number of aliphatic hydroxyl groups excluding tert-OH is 4. The van der Waals surface area contributed by atoms with Gasteiger partial charge < -0.3 is 30.6 Å². The summed E-state index contributed by atoms with van der Waals surface area (Å²) in [5.74, 6) is -0.553. The molecule has 8 atom stereocenters. The fourth-order valence-electron chi connectivity index (χ4n) is 5.62. The Hall–Kier alpha value is -0.240. The molecule has 6 N–H and O–H groups in total. The van der Waals surface area contributed by atoms with Crippen LogP contribution in [0.1, 0.15) is 33.6 Å². The zero-order valence-corrected chi connectivity index (χ0v) is 12.7. The molecule has 0 aromatic rings. The molecule has 3 aliphatic carbocycles. The van der Waals surface area contributed by atoms with Crippen LogP contribution >= 0.6 is 0 Å². The number of fused-ring (bicyclic) bond motifs is 3. The van der Waals surface area contributed by atoms with E-state index in [0.29, 0.717) is 12.8 Å². The Kier molecular flexibility index (Phi) is 2.97. The van der Waals surface area contributed by atoms with Crippen LogP contribution < -0.4 is 0 Å². The molecule has 3 saturated carbocycles. The quantitative estimate of drug-likeness (QED) is 0.355. The van der Waals surface area contributed by atoms with E-state index < -0.39 is 41.5 Å². The number of hydrogen-bond acceptors (Lipinski definition) is 6. The Morgan fingerprint density at radius 2 is 1.48 bits per heavy atom. The molecule has 0 heterocycles. The van der Waals surface area contributed by atoms with Gasteiger partial charge in [-0.2, -0.15) is 0 Å². The lowest BCUT2D eigenvalue weighted by Gasteiger charge is -2.73. The van der Waals surface area contributed by atoms with Crippen molar-refractivity contribution >= 4 is 0 Å². The minimum Gasteiger partial charge on any atom is -0.393 e. The fourth-order valence-corrected chi connectivity index (χ4v) is 5.62. The molecule has 0 aromatic carbocycles. The molecule has 0 aromatic heterocycles. The van der Waals surface area contributed by atoms with Crippen LogP contribution in [0, 0.1) is 22.7 Å². The van der Waals surface area contributed by atoms with Crippen molar-refractivity contribution in [3.8, 4) is 0 Å². The number of aliphatic hydroxyl groups is 6. The lowest BCUT2D eigenvalue weighted by atomic mass is 9.37. The third-order valence-electron chi connectivity index (χ3n) is 6.81. The molecule has 3 fully saturated rings. The van der Waals surface area contributed by atoms with Gasteiger partial charge in [0.05, 0.1) is 18.8 Å². The second kappa shape index (κ2) is 3.99. The SMILES string of the molecule is CC1(C)C[C@H]2[C@@H](C1)[C@]1(C)[C@@H](O)[C@@H](O)[C@]1(O)[C@](O)(CO)[C@@H]2O. The largest absolute Gasteiger partial charge is 0.393 e. The van der Waals surface area contributed by atoms with Gasteiger partial charge in [-0.15, -0.1) is 0 Å². The summed E-state index contributed by atoms with van der Waals surface area (Å²) in [6.07, 6.45) is -2.79. The minimum absolute atomic E-state index is 0.0960. The van der Waals surface area contributed by atoms with Crippen molar-refractivity contribution < 1.29 is 30.6 Å². The second-order valence-electron chi connectivity index (χ2n) is 8.31. The predicted octanol–water partition coefficient (Wildman–Crippen LogP) is -1.39. The van der Waals surface area contributed by atoms with Crippen LogP contribution in [0.25, 0.3) is 0 Å². The minimum atomic E-state index is -2.23. The molecule has 21 heavy (non-hydrogen) atoms. The van der Waals surface area contributed by atoms with Crippen molar-refractivity contribution in [1.29, 1.82) is 0 Å². The maximum Gasteiger partial charge on any atom is 0.145 e. The van der Waals surface area contributed by atoms with Crippen molar-refractivity contribution in [3.63, 3.8) is 0 Å². The first kappa shape index (κ1) is 15.6. The zero-order chi connectivity index (χ0) is 16.0. The van der Waals surface area contributed by atoms with Gasteiger partial charge in [0.25, 0.3) is 0 Å². The molecular weight excluding hydrogens is 276 g/mol. The molecule has 3 rings (SSSR count). The van der Waals surface area contributed by atoms with E-state index in [1.165, 1.54) is 0 Å². The number of hydrogen-bond donors (Lipinski definition) is 6. The van der Waals surface area contributed by atoms with E-state index in [2.05, 4.69) is 0 Å². The summed E-state index contributed by atoms with van der Waals surface area (Å²) in [6.45, 7) is 4.85. The summed E-state index contributed by atoms with van der Waals surface area (Å²) in [5, 5.41) is 62.3. The Balaban J connectivity index is 2.15. The van der Waals surface area contributed by atoms with Gasteiger partial charge in [0.1, 0.15) is 17.3 Å². The van der Waals surface area contributed by atoms with Gasteiger partial charge in [0, 0.05) is 5.41 Å². The highest BCUT2D eigenvalue weighted by atomic mass is 16.4. The van der Waals surface area contributed by atoms with Crippen molar-refractivity contribution in [2.45, 2.75) is 63.1 Å². The van der Waals surface area contributed by atoms with E-state index in [9.17, 15) is 30.6 Å². The lowest BCUT2D eigenvalue weighted by molar-refractivity contribution is -0.421. The summed E-state index contributed by atoms with van der Waals surface area (Å²) >= 11 is 0. The molecule has 0 spiro atoms. The van der Waals surface area contributed by atoms with Crippen LogP contribution in [0.4, 0.5) is 0 Å². The van der Waals surface area contributed by atoms with Crippen molar-refractivity contribution in [3.05, 3.63) is 0 Å². The molecule has 0 unspecified atom stereocenters. The van der Waals surface area contributed by atoms with Crippen LogP contribution in [0.3, 0.4) is 0 Å². The van der Waals surface area contributed by atoms with E-state index in [4.69, 9.17) is 0 Å².